The lowest BCUT2D eigenvalue weighted by atomic mass is 10.1. The third kappa shape index (κ3) is 2.78. The summed E-state index contributed by atoms with van der Waals surface area (Å²) < 4.78 is 0. The summed E-state index contributed by atoms with van der Waals surface area (Å²) in [7, 11) is 0. The first-order chi connectivity index (χ1) is 8.35. The molecule has 3 nitrogen and oxygen atoms in total. The first kappa shape index (κ1) is 12.0. The van der Waals surface area contributed by atoms with Gasteiger partial charge in [-0.2, -0.15) is 5.10 Å². The molecule has 0 atom stereocenters. The second-order valence-electron chi connectivity index (χ2n) is 4.56. The topological polar surface area (TPSA) is 40.7 Å². The van der Waals surface area contributed by atoms with Crippen molar-refractivity contribution in [3.05, 3.63) is 24.4 Å². The summed E-state index contributed by atoms with van der Waals surface area (Å²) >= 11 is 0. The Kier molecular flexibility index (Phi) is 4.02. The molecule has 0 aliphatic carbocycles. The molecule has 0 saturated carbocycles. The minimum Gasteiger partial charge on any atom is -0.381 e. The lowest BCUT2D eigenvalue weighted by Crippen LogP contribution is -2.19. The van der Waals surface area contributed by atoms with E-state index in [0.29, 0.717) is 6.04 Å². The van der Waals surface area contributed by atoms with Crippen LogP contribution in [0.1, 0.15) is 39.5 Å². The first-order valence-corrected chi connectivity index (χ1v) is 6.53. The van der Waals surface area contributed by atoms with Crippen LogP contribution in [-0.4, -0.2) is 16.2 Å². The van der Waals surface area contributed by atoms with E-state index in [1.54, 1.807) is 0 Å². The van der Waals surface area contributed by atoms with Crippen LogP contribution in [0.15, 0.2) is 24.4 Å². The van der Waals surface area contributed by atoms with E-state index in [1.807, 2.05) is 6.20 Å². The van der Waals surface area contributed by atoms with Crippen molar-refractivity contribution in [2.24, 2.45) is 0 Å². The zero-order chi connectivity index (χ0) is 12.1. The quantitative estimate of drug-likeness (QED) is 0.790. The van der Waals surface area contributed by atoms with Gasteiger partial charge in [-0.3, -0.25) is 5.10 Å². The Hall–Kier alpha value is -1.51. The number of hydrogen-bond donors (Lipinski definition) is 2. The zero-order valence-corrected chi connectivity index (χ0v) is 10.7. The number of nitrogens with one attached hydrogen (secondary N) is 2. The lowest BCUT2D eigenvalue weighted by Gasteiger charge is -2.19. The molecule has 17 heavy (non-hydrogen) atoms. The summed E-state index contributed by atoms with van der Waals surface area (Å²) in [5, 5.41) is 12.0. The van der Waals surface area contributed by atoms with Gasteiger partial charge in [0.15, 0.2) is 0 Å². The summed E-state index contributed by atoms with van der Waals surface area (Å²) in [5.41, 5.74) is 2.29. The number of nitrogens with zero attached hydrogens (tertiary/aromatic N) is 1. The third-order valence-electron chi connectivity index (χ3n) is 3.11. The maximum Gasteiger partial charge on any atom is 0.0881 e. The van der Waals surface area contributed by atoms with E-state index in [9.17, 15) is 0 Å². The van der Waals surface area contributed by atoms with Gasteiger partial charge in [-0.05, 0) is 18.9 Å². The molecule has 0 aliphatic heterocycles. The van der Waals surface area contributed by atoms with Gasteiger partial charge in [0, 0.05) is 11.4 Å². The predicted octanol–water partition coefficient (Wildman–Crippen LogP) is 3.94. The number of para-hydroxylation sites is 1. The smallest absolute Gasteiger partial charge is 0.0881 e. The number of aromatic nitrogens is 2. The third-order valence-corrected chi connectivity index (χ3v) is 3.11. The highest BCUT2D eigenvalue weighted by Crippen LogP contribution is 2.22. The molecule has 2 N–H and O–H groups in total. The second kappa shape index (κ2) is 5.71. The van der Waals surface area contributed by atoms with E-state index in [1.165, 1.54) is 36.8 Å². The van der Waals surface area contributed by atoms with Crippen LogP contribution in [0.5, 0.6) is 0 Å². The molecule has 0 bridgehead atoms. The van der Waals surface area contributed by atoms with Crippen LogP contribution in [0.3, 0.4) is 0 Å². The van der Waals surface area contributed by atoms with Gasteiger partial charge < -0.3 is 5.32 Å². The molecule has 3 heteroatoms. The van der Waals surface area contributed by atoms with Crippen molar-refractivity contribution >= 4 is 16.6 Å². The number of hydrogen-bond acceptors (Lipinski definition) is 2. The molecule has 0 fully saturated rings. The fraction of sp³-hybridized carbons (Fsp3) is 0.500. The Morgan fingerprint density at radius 2 is 2.00 bits per heavy atom. The monoisotopic (exact) mass is 231 g/mol. The number of H-pyrrole nitrogens is 1. The van der Waals surface area contributed by atoms with Crippen LogP contribution in [0.25, 0.3) is 10.9 Å². The summed E-state index contributed by atoms with van der Waals surface area (Å²) in [6.45, 7) is 4.47. The van der Waals surface area contributed by atoms with Gasteiger partial charge in [0.05, 0.1) is 17.4 Å². The summed E-state index contributed by atoms with van der Waals surface area (Å²) in [5.74, 6) is 0. The van der Waals surface area contributed by atoms with E-state index in [2.05, 4.69) is 47.6 Å². The van der Waals surface area contributed by atoms with E-state index >= 15 is 0 Å². The standard InChI is InChI=1S/C14H21N3/c1-3-6-12(7-4-2)16-13-9-5-8-11-10-15-17-14(11)13/h5,8-10,12,16H,3-4,6-7H2,1-2H3,(H,15,17). The molecule has 0 aliphatic rings. The van der Waals surface area contributed by atoms with E-state index in [0.717, 1.165) is 5.52 Å². The van der Waals surface area contributed by atoms with Crippen molar-refractivity contribution in [1.82, 2.24) is 10.2 Å². The van der Waals surface area contributed by atoms with Crippen molar-refractivity contribution in [3.63, 3.8) is 0 Å². The number of rotatable bonds is 6. The fourth-order valence-corrected chi connectivity index (χ4v) is 2.29. The molecule has 1 heterocycles. The first-order valence-electron chi connectivity index (χ1n) is 6.53. The predicted molar refractivity (Wildman–Crippen MR) is 73.3 cm³/mol. The molecule has 92 valence electrons. The highest BCUT2D eigenvalue weighted by Gasteiger charge is 2.09. The Morgan fingerprint density at radius 1 is 1.24 bits per heavy atom. The van der Waals surface area contributed by atoms with Crippen LogP contribution in [0, 0.1) is 0 Å². The Morgan fingerprint density at radius 3 is 2.71 bits per heavy atom. The molecule has 0 amide bonds. The summed E-state index contributed by atoms with van der Waals surface area (Å²) in [6.07, 6.45) is 6.75. The molecule has 2 rings (SSSR count). The molecule has 0 spiro atoms. The number of fused-ring (bicyclic) bond motifs is 1. The van der Waals surface area contributed by atoms with E-state index < -0.39 is 0 Å². The maximum absolute atomic E-state index is 4.10. The Labute approximate surface area is 103 Å². The highest BCUT2D eigenvalue weighted by atomic mass is 15.1. The SMILES string of the molecule is CCCC(CCC)Nc1cccc2cn[nH]c12. The van der Waals surface area contributed by atoms with Gasteiger partial charge in [-0.15, -0.1) is 0 Å². The van der Waals surface area contributed by atoms with Crippen LogP contribution in [0.2, 0.25) is 0 Å². The van der Waals surface area contributed by atoms with Gasteiger partial charge in [0.1, 0.15) is 0 Å². The molecular weight excluding hydrogens is 210 g/mol. The molecule has 2 aromatic rings. The molecule has 1 aromatic heterocycles. The van der Waals surface area contributed by atoms with E-state index in [4.69, 9.17) is 0 Å². The molecule has 0 saturated heterocycles. The lowest BCUT2D eigenvalue weighted by molar-refractivity contribution is 0.587. The highest BCUT2D eigenvalue weighted by molar-refractivity contribution is 5.89. The van der Waals surface area contributed by atoms with Gasteiger partial charge >= 0.3 is 0 Å². The number of benzene rings is 1. The van der Waals surface area contributed by atoms with Crippen LogP contribution in [-0.2, 0) is 0 Å². The van der Waals surface area contributed by atoms with Crippen molar-refractivity contribution in [1.29, 1.82) is 0 Å². The molecule has 0 unspecified atom stereocenters. The number of anilines is 1. The van der Waals surface area contributed by atoms with Crippen LogP contribution >= 0.6 is 0 Å². The van der Waals surface area contributed by atoms with Crippen molar-refractivity contribution in [3.8, 4) is 0 Å². The zero-order valence-electron chi connectivity index (χ0n) is 10.7. The average molecular weight is 231 g/mol. The van der Waals surface area contributed by atoms with Gasteiger partial charge in [-0.25, -0.2) is 0 Å². The fourth-order valence-electron chi connectivity index (χ4n) is 2.29. The van der Waals surface area contributed by atoms with Gasteiger partial charge in [0.25, 0.3) is 0 Å². The number of aromatic amines is 1. The summed E-state index contributed by atoms with van der Waals surface area (Å²) in [4.78, 5) is 0. The minimum absolute atomic E-state index is 0.568. The van der Waals surface area contributed by atoms with Crippen LogP contribution in [0.4, 0.5) is 5.69 Å². The normalized spacial score (nSPS) is 11.2. The van der Waals surface area contributed by atoms with Gasteiger partial charge in [0.2, 0.25) is 0 Å². The van der Waals surface area contributed by atoms with Gasteiger partial charge in [-0.1, -0.05) is 38.8 Å². The maximum atomic E-state index is 4.10. The van der Waals surface area contributed by atoms with Crippen molar-refractivity contribution < 1.29 is 0 Å². The van der Waals surface area contributed by atoms with Crippen LogP contribution < -0.4 is 5.32 Å². The molecule has 0 radical (unpaired) electrons. The summed E-state index contributed by atoms with van der Waals surface area (Å²) in [6, 6.07) is 6.85. The van der Waals surface area contributed by atoms with Crippen molar-refractivity contribution in [2.45, 2.75) is 45.6 Å². The Bertz CT molecular complexity index is 455. The minimum atomic E-state index is 0.568. The largest absolute Gasteiger partial charge is 0.381 e. The Balaban J connectivity index is 2.18. The second-order valence-corrected chi connectivity index (χ2v) is 4.56. The molecular formula is C14H21N3. The van der Waals surface area contributed by atoms with Crippen molar-refractivity contribution in [2.75, 3.05) is 5.32 Å². The van der Waals surface area contributed by atoms with E-state index in [-0.39, 0.29) is 0 Å². The molecule has 1 aromatic carbocycles. The average Bonchev–Trinajstić information content (AvgIpc) is 2.79.